The Hall–Kier alpha value is -3.14. The van der Waals surface area contributed by atoms with Gasteiger partial charge in [0.15, 0.2) is 0 Å². The molecule has 2 N–H and O–H groups in total. The number of amides is 1. The van der Waals surface area contributed by atoms with Crippen molar-refractivity contribution in [1.29, 1.82) is 5.26 Å². The van der Waals surface area contributed by atoms with Gasteiger partial charge >= 0.3 is 0 Å². The highest BCUT2D eigenvalue weighted by molar-refractivity contribution is 7.97. The number of pyridine rings is 1. The second-order valence-corrected chi connectivity index (χ2v) is 11.9. The number of carbonyl (C=O) groups excluding carboxylic acids is 1. The quantitative estimate of drug-likeness (QED) is 0.363. The summed E-state index contributed by atoms with van der Waals surface area (Å²) in [7, 11) is 0. The van der Waals surface area contributed by atoms with Gasteiger partial charge < -0.3 is 5.32 Å². The summed E-state index contributed by atoms with van der Waals surface area (Å²) < 4.78 is 3.42. The van der Waals surface area contributed by atoms with Gasteiger partial charge in [-0.25, -0.2) is 0 Å². The molecular weight excluding hydrogens is 452 g/mol. The Balaban J connectivity index is 1.79. The predicted molar refractivity (Wildman–Crippen MR) is 146 cm³/mol. The number of nitriles is 1. The molecule has 3 rings (SSSR count). The second kappa shape index (κ2) is 10.6. The molecule has 0 aliphatic heterocycles. The molecule has 35 heavy (non-hydrogen) atoms. The lowest BCUT2D eigenvalue weighted by Gasteiger charge is -2.20. The van der Waals surface area contributed by atoms with E-state index in [0.29, 0.717) is 16.8 Å². The highest BCUT2D eigenvalue weighted by Gasteiger charge is 2.18. The number of benzene rings is 2. The molecule has 182 valence electrons. The maximum atomic E-state index is 13.1. The molecule has 0 fully saturated rings. The molecule has 2 aromatic carbocycles. The average molecular weight is 487 g/mol. The SMILES string of the molecule is Cc1ncc(NC(=O)c2cc(C#N)cc(C(C)(C)C)c2)cc1-c1ccc(SNCC(C)(C)C)cc1. The van der Waals surface area contributed by atoms with Gasteiger partial charge in [0.25, 0.3) is 5.91 Å². The van der Waals surface area contributed by atoms with Crippen molar-refractivity contribution in [3.05, 3.63) is 77.1 Å². The largest absolute Gasteiger partial charge is 0.321 e. The van der Waals surface area contributed by atoms with Crippen LogP contribution in [0.5, 0.6) is 0 Å². The lowest BCUT2D eigenvalue weighted by atomic mass is 9.85. The van der Waals surface area contributed by atoms with Crippen LogP contribution in [-0.4, -0.2) is 17.4 Å². The van der Waals surface area contributed by atoms with E-state index < -0.39 is 0 Å². The summed E-state index contributed by atoms with van der Waals surface area (Å²) in [6, 6.07) is 17.7. The molecule has 0 aliphatic rings. The molecule has 3 aromatic rings. The van der Waals surface area contributed by atoms with Gasteiger partial charge in [-0.05, 0) is 77.2 Å². The van der Waals surface area contributed by atoms with Crippen molar-refractivity contribution in [2.24, 2.45) is 5.41 Å². The average Bonchev–Trinajstić information content (AvgIpc) is 2.79. The number of aromatic nitrogens is 1. The molecule has 1 aromatic heterocycles. The Morgan fingerprint density at radius 2 is 1.71 bits per heavy atom. The molecule has 0 saturated carbocycles. The van der Waals surface area contributed by atoms with Gasteiger partial charge in [0.05, 0.1) is 23.5 Å². The van der Waals surface area contributed by atoms with Gasteiger partial charge in [-0.1, -0.05) is 53.7 Å². The first kappa shape index (κ1) is 26.5. The van der Waals surface area contributed by atoms with E-state index in [1.54, 1.807) is 24.2 Å². The molecule has 0 radical (unpaired) electrons. The van der Waals surface area contributed by atoms with Crippen molar-refractivity contribution in [3.63, 3.8) is 0 Å². The molecule has 6 heteroatoms. The van der Waals surface area contributed by atoms with Gasteiger partial charge in [0, 0.05) is 28.3 Å². The standard InChI is InChI=1S/C29H34N4OS/c1-19-26(21-8-10-25(11-9-21)35-32-18-28(2,3)4)15-24(17-31-19)33-27(34)22-12-20(16-30)13-23(14-22)29(5,6)7/h8-15,17,32H,18H2,1-7H3,(H,33,34). The van der Waals surface area contributed by atoms with E-state index in [4.69, 9.17) is 0 Å². The van der Waals surface area contributed by atoms with Crippen molar-refractivity contribution < 1.29 is 4.79 Å². The Morgan fingerprint density at radius 3 is 2.31 bits per heavy atom. The topological polar surface area (TPSA) is 77.8 Å². The number of nitrogens with zero attached hydrogens (tertiary/aromatic N) is 2. The smallest absolute Gasteiger partial charge is 0.255 e. The predicted octanol–water partition coefficient (Wildman–Crippen LogP) is 7.12. The van der Waals surface area contributed by atoms with E-state index in [1.165, 1.54) is 0 Å². The summed E-state index contributed by atoms with van der Waals surface area (Å²) in [5.74, 6) is -0.263. The molecule has 1 amide bonds. The molecule has 0 bridgehead atoms. The zero-order valence-electron chi connectivity index (χ0n) is 21.6. The van der Waals surface area contributed by atoms with E-state index in [2.05, 4.69) is 86.9 Å². The number of nitrogens with one attached hydrogen (secondary N) is 2. The normalized spacial score (nSPS) is 11.7. The maximum absolute atomic E-state index is 13.1. The fourth-order valence-corrected chi connectivity index (χ4v) is 4.34. The van der Waals surface area contributed by atoms with Crippen LogP contribution < -0.4 is 10.0 Å². The molecule has 0 aliphatic carbocycles. The lowest BCUT2D eigenvalue weighted by Crippen LogP contribution is -2.21. The summed E-state index contributed by atoms with van der Waals surface area (Å²) in [6.45, 7) is 15.7. The van der Waals surface area contributed by atoms with E-state index in [9.17, 15) is 10.1 Å². The van der Waals surface area contributed by atoms with Crippen LogP contribution in [0.2, 0.25) is 0 Å². The number of aryl methyl sites for hydroxylation is 1. The molecule has 0 unspecified atom stereocenters. The molecule has 0 spiro atoms. The molecule has 0 atom stereocenters. The second-order valence-electron chi connectivity index (χ2n) is 11.0. The van der Waals surface area contributed by atoms with Crippen LogP contribution in [0.4, 0.5) is 5.69 Å². The molecule has 0 saturated heterocycles. The molecular formula is C29H34N4OS. The fraction of sp³-hybridized carbons (Fsp3) is 0.345. The first-order valence-corrected chi connectivity index (χ1v) is 12.5. The van der Waals surface area contributed by atoms with Crippen LogP contribution in [0, 0.1) is 23.7 Å². The Labute approximate surface area is 213 Å². The minimum absolute atomic E-state index is 0.173. The Kier molecular flexibility index (Phi) is 8.04. The van der Waals surface area contributed by atoms with Crippen LogP contribution in [0.15, 0.2) is 59.6 Å². The van der Waals surface area contributed by atoms with Gasteiger partial charge in [-0.3, -0.25) is 14.5 Å². The number of carbonyl (C=O) groups is 1. The van der Waals surface area contributed by atoms with E-state index in [1.807, 2.05) is 25.1 Å². The van der Waals surface area contributed by atoms with Crippen LogP contribution in [0.1, 0.15) is 68.7 Å². The summed E-state index contributed by atoms with van der Waals surface area (Å²) >= 11 is 1.62. The third kappa shape index (κ3) is 7.42. The third-order valence-corrected chi connectivity index (χ3v) is 6.29. The van der Waals surface area contributed by atoms with Crippen molar-refractivity contribution in [2.45, 2.75) is 58.8 Å². The lowest BCUT2D eigenvalue weighted by molar-refractivity contribution is 0.102. The van der Waals surface area contributed by atoms with Crippen molar-refractivity contribution in [3.8, 4) is 17.2 Å². The van der Waals surface area contributed by atoms with E-state index >= 15 is 0 Å². The minimum Gasteiger partial charge on any atom is -0.321 e. The van der Waals surface area contributed by atoms with Crippen LogP contribution >= 0.6 is 11.9 Å². The van der Waals surface area contributed by atoms with Crippen molar-refractivity contribution in [2.75, 3.05) is 11.9 Å². The first-order chi connectivity index (χ1) is 16.4. The van der Waals surface area contributed by atoms with Gasteiger partial charge in [-0.2, -0.15) is 5.26 Å². The minimum atomic E-state index is -0.263. The van der Waals surface area contributed by atoms with Crippen LogP contribution in [-0.2, 0) is 5.41 Å². The summed E-state index contributed by atoms with van der Waals surface area (Å²) in [6.07, 6.45) is 1.66. The summed E-state index contributed by atoms with van der Waals surface area (Å²) in [4.78, 5) is 18.7. The van der Waals surface area contributed by atoms with Crippen LogP contribution in [0.3, 0.4) is 0 Å². The van der Waals surface area contributed by atoms with Crippen molar-refractivity contribution in [1.82, 2.24) is 9.71 Å². The summed E-state index contributed by atoms with van der Waals surface area (Å²) in [5.41, 5.74) is 5.42. The number of anilines is 1. The highest BCUT2D eigenvalue weighted by Crippen LogP contribution is 2.29. The maximum Gasteiger partial charge on any atom is 0.255 e. The number of hydrogen-bond acceptors (Lipinski definition) is 5. The zero-order chi connectivity index (χ0) is 25.8. The summed E-state index contributed by atoms with van der Waals surface area (Å²) in [5, 5.41) is 12.4. The van der Waals surface area contributed by atoms with E-state index in [-0.39, 0.29) is 16.7 Å². The zero-order valence-corrected chi connectivity index (χ0v) is 22.4. The Morgan fingerprint density at radius 1 is 1.03 bits per heavy atom. The third-order valence-electron chi connectivity index (χ3n) is 5.49. The molecule has 1 heterocycles. The number of rotatable bonds is 6. The van der Waals surface area contributed by atoms with Gasteiger partial charge in [0.1, 0.15) is 0 Å². The Bertz CT molecular complexity index is 1250. The van der Waals surface area contributed by atoms with Crippen LogP contribution in [0.25, 0.3) is 11.1 Å². The number of hydrogen-bond donors (Lipinski definition) is 2. The molecule has 5 nitrogen and oxygen atoms in total. The highest BCUT2D eigenvalue weighted by atomic mass is 32.2. The van der Waals surface area contributed by atoms with E-state index in [0.717, 1.165) is 33.8 Å². The van der Waals surface area contributed by atoms with Crippen molar-refractivity contribution >= 4 is 23.5 Å². The van der Waals surface area contributed by atoms with Gasteiger partial charge in [0.2, 0.25) is 0 Å². The van der Waals surface area contributed by atoms with Gasteiger partial charge in [-0.15, -0.1) is 0 Å². The first-order valence-electron chi connectivity index (χ1n) is 11.7. The monoisotopic (exact) mass is 486 g/mol. The fourth-order valence-electron chi connectivity index (χ4n) is 3.39.